The summed E-state index contributed by atoms with van der Waals surface area (Å²) < 4.78 is 0. The van der Waals surface area contributed by atoms with Gasteiger partial charge in [0.25, 0.3) is 11.8 Å². The average Bonchev–Trinajstić information content (AvgIpc) is 3.33. The van der Waals surface area contributed by atoms with Crippen molar-refractivity contribution >= 4 is 55.3 Å². The number of nitrogens with one attached hydrogen (secondary N) is 2. The number of carbonyl (C=O) groups excluding carboxylic acids is 2. The summed E-state index contributed by atoms with van der Waals surface area (Å²) in [4.78, 5) is 34.9. The lowest BCUT2D eigenvalue weighted by Gasteiger charge is -2.22. The molecule has 0 bridgehead atoms. The van der Waals surface area contributed by atoms with Crippen molar-refractivity contribution in [1.82, 2.24) is 20.2 Å². The van der Waals surface area contributed by atoms with Gasteiger partial charge in [0.1, 0.15) is 5.82 Å². The zero-order valence-electron chi connectivity index (χ0n) is 16.3. The highest BCUT2D eigenvalue weighted by molar-refractivity contribution is 7.17. The third-order valence-corrected chi connectivity index (χ3v) is 6.48. The molecule has 1 fully saturated rings. The maximum absolute atomic E-state index is 12.7. The number of aromatic nitrogens is 2. The Labute approximate surface area is 186 Å². The normalized spacial score (nSPS) is 17.3. The molecule has 0 spiro atoms. The molecule has 3 aromatic rings. The highest BCUT2D eigenvalue weighted by Gasteiger charge is 2.27. The van der Waals surface area contributed by atoms with Crippen molar-refractivity contribution in [3.63, 3.8) is 0 Å². The number of aromatic amines is 1. The van der Waals surface area contributed by atoms with Crippen molar-refractivity contribution in [3.05, 3.63) is 63.4 Å². The van der Waals surface area contributed by atoms with Gasteiger partial charge < -0.3 is 15.2 Å². The van der Waals surface area contributed by atoms with Crippen LogP contribution in [0.1, 0.15) is 52.3 Å². The van der Waals surface area contributed by atoms with E-state index in [0.717, 1.165) is 23.9 Å². The van der Waals surface area contributed by atoms with Crippen molar-refractivity contribution in [1.29, 1.82) is 0 Å². The second kappa shape index (κ2) is 8.54. The Morgan fingerprint density at radius 2 is 2.07 bits per heavy atom. The Hall–Kier alpha value is -2.14. The Bertz CT molecular complexity index is 1130. The molecule has 2 aromatic carbocycles. The van der Waals surface area contributed by atoms with Crippen LogP contribution in [0.25, 0.3) is 11.0 Å². The molecule has 1 saturated heterocycles. The predicted molar refractivity (Wildman–Crippen MR) is 122 cm³/mol. The van der Waals surface area contributed by atoms with Crippen molar-refractivity contribution < 1.29 is 9.59 Å². The van der Waals surface area contributed by atoms with E-state index in [9.17, 15) is 9.59 Å². The number of hydrogen-bond donors (Lipinski definition) is 2. The first-order valence-corrected chi connectivity index (χ1v) is 11.1. The number of amides is 2. The quantitative estimate of drug-likeness (QED) is 0.546. The number of likely N-dealkylation sites (tertiary alicyclic amines) is 1. The third kappa shape index (κ3) is 4.18. The van der Waals surface area contributed by atoms with Gasteiger partial charge in [-0.25, -0.2) is 4.98 Å². The van der Waals surface area contributed by atoms with Crippen LogP contribution in [-0.2, 0) is 0 Å². The van der Waals surface area contributed by atoms with Crippen LogP contribution in [-0.4, -0.2) is 39.0 Å². The molecule has 2 N–H and O–H groups in total. The minimum Gasteiger partial charge on any atom is -0.342 e. The second-order valence-electron chi connectivity index (χ2n) is 7.38. The average molecular weight is 463 g/mol. The Kier molecular flexibility index (Phi) is 6.01. The molecular weight excluding hydrogens is 442 g/mol. The highest BCUT2D eigenvalue weighted by Crippen LogP contribution is 2.27. The van der Waals surface area contributed by atoms with Crippen LogP contribution in [0.4, 0.5) is 0 Å². The zero-order valence-corrected chi connectivity index (χ0v) is 19.0. The summed E-state index contributed by atoms with van der Waals surface area (Å²) in [5, 5.41) is 3.78. The van der Waals surface area contributed by atoms with Gasteiger partial charge in [-0.3, -0.25) is 9.59 Å². The van der Waals surface area contributed by atoms with Crippen LogP contribution in [0.15, 0.2) is 36.4 Å². The number of fused-ring (bicyclic) bond motifs is 1. The molecule has 30 heavy (non-hydrogen) atoms. The highest BCUT2D eigenvalue weighted by atomic mass is 35.5. The fraction of sp³-hybridized carbons (Fsp3) is 0.286. The first-order valence-electron chi connectivity index (χ1n) is 9.65. The van der Waals surface area contributed by atoms with Crippen molar-refractivity contribution in [3.8, 4) is 0 Å². The number of carbonyl (C=O) groups is 2. The van der Waals surface area contributed by atoms with E-state index in [1.54, 1.807) is 29.2 Å². The molecule has 9 heteroatoms. The number of rotatable bonds is 4. The number of halogens is 2. The number of nitrogens with zero attached hydrogens (tertiary/aromatic N) is 2. The molecule has 2 amide bonds. The summed E-state index contributed by atoms with van der Waals surface area (Å²) in [6.07, 6.45) is 1.93. The first kappa shape index (κ1) is 21.1. The van der Waals surface area contributed by atoms with E-state index in [-0.39, 0.29) is 28.7 Å². The summed E-state index contributed by atoms with van der Waals surface area (Å²) in [5.74, 6) is 0.334. The Morgan fingerprint density at radius 3 is 2.77 bits per heavy atom. The number of H-pyrrole nitrogens is 1. The topological polar surface area (TPSA) is 78.1 Å². The molecule has 1 aliphatic rings. The SMILES string of the molecule is CC(NC(=O)c1ccc(C(=O)N2CCC[C@H]2P)c(Cl)c1)c1nc2ccc(Cl)cc2[nH]1. The zero-order chi connectivity index (χ0) is 21.4. The third-order valence-electron chi connectivity index (χ3n) is 5.24. The summed E-state index contributed by atoms with van der Waals surface area (Å²) >= 11 is 12.4. The van der Waals surface area contributed by atoms with E-state index < -0.39 is 0 Å². The molecule has 1 aliphatic heterocycles. The maximum atomic E-state index is 12.7. The van der Waals surface area contributed by atoms with Gasteiger partial charge in [0, 0.05) is 22.9 Å². The van der Waals surface area contributed by atoms with Gasteiger partial charge in [-0.1, -0.05) is 23.2 Å². The van der Waals surface area contributed by atoms with Crippen molar-refractivity contribution in [2.75, 3.05) is 6.54 Å². The predicted octanol–water partition coefficient (Wildman–Crippen LogP) is 4.80. The van der Waals surface area contributed by atoms with Gasteiger partial charge in [-0.15, -0.1) is 9.24 Å². The van der Waals surface area contributed by atoms with Gasteiger partial charge in [-0.2, -0.15) is 0 Å². The van der Waals surface area contributed by atoms with Crippen LogP contribution in [0, 0.1) is 0 Å². The van der Waals surface area contributed by atoms with Gasteiger partial charge >= 0.3 is 0 Å². The minimum atomic E-state index is -0.355. The summed E-state index contributed by atoms with van der Waals surface area (Å²) in [7, 11) is 2.69. The largest absolute Gasteiger partial charge is 0.342 e. The van der Waals surface area contributed by atoms with Gasteiger partial charge in [0.2, 0.25) is 0 Å². The van der Waals surface area contributed by atoms with E-state index >= 15 is 0 Å². The van der Waals surface area contributed by atoms with Gasteiger partial charge in [0.05, 0.1) is 27.7 Å². The van der Waals surface area contributed by atoms with E-state index in [1.165, 1.54) is 6.07 Å². The first-order chi connectivity index (χ1) is 14.3. The smallest absolute Gasteiger partial charge is 0.255 e. The summed E-state index contributed by atoms with van der Waals surface area (Å²) in [6, 6.07) is 9.79. The molecular formula is C21H21Cl2N4O2P. The maximum Gasteiger partial charge on any atom is 0.255 e. The van der Waals surface area contributed by atoms with E-state index in [1.807, 2.05) is 13.0 Å². The molecule has 3 atom stereocenters. The van der Waals surface area contributed by atoms with Crippen LogP contribution in [0.2, 0.25) is 10.0 Å². The van der Waals surface area contributed by atoms with Crippen LogP contribution in [0.5, 0.6) is 0 Å². The molecule has 1 aromatic heterocycles. The molecule has 6 nitrogen and oxygen atoms in total. The van der Waals surface area contributed by atoms with Gasteiger partial charge in [-0.05, 0) is 56.2 Å². The minimum absolute atomic E-state index is 0.112. The molecule has 0 aliphatic carbocycles. The summed E-state index contributed by atoms with van der Waals surface area (Å²) in [6.45, 7) is 2.55. The number of benzene rings is 2. The van der Waals surface area contributed by atoms with E-state index in [4.69, 9.17) is 23.2 Å². The Morgan fingerprint density at radius 1 is 1.27 bits per heavy atom. The van der Waals surface area contributed by atoms with Gasteiger partial charge in [0.15, 0.2) is 0 Å². The molecule has 156 valence electrons. The van der Waals surface area contributed by atoms with Crippen LogP contribution in [0.3, 0.4) is 0 Å². The lowest BCUT2D eigenvalue weighted by atomic mass is 10.1. The lowest BCUT2D eigenvalue weighted by molar-refractivity contribution is 0.0778. The number of hydrogen-bond acceptors (Lipinski definition) is 3. The van der Waals surface area contributed by atoms with Crippen molar-refractivity contribution in [2.24, 2.45) is 0 Å². The summed E-state index contributed by atoms with van der Waals surface area (Å²) in [5.41, 5.74) is 2.37. The lowest BCUT2D eigenvalue weighted by Crippen LogP contribution is -2.32. The monoisotopic (exact) mass is 462 g/mol. The fourth-order valence-electron chi connectivity index (χ4n) is 3.58. The molecule has 2 heterocycles. The van der Waals surface area contributed by atoms with Crippen LogP contribution >= 0.6 is 32.4 Å². The molecule has 2 unspecified atom stereocenters. The molecule has 4 rings (SSSR count). The van der Waals surface area contributed by atoms with E-state index in [2.05, 4.69) is 24.5 Å². The fourth-order valence-corrected chi connectivity index (χ4v) is 4.54. The van der Waals surface area contributed by atoms with Crippen LogP contribution < -0.4 is 5.32 Å². The standard InChI is InChI=1S/C21H21Cl2N4O2P/c1-11(19-25-16-7-5-13(22)10-17(16)26-19)24-20(28)12-4-6-14(15(23)9-12)21(29)27-8-2-3-18(27)30/h4-7,9-11,18H,2-3,8,30H2,1H3,(H,24,28)(H,25,26)/t11?,18-/m1/s1. The number of imidazole rings is 1. The second-order valence-corrected chi connectivity index (χ2v) is 8.99. The Balaban J connectivity index is 1.48. The van der Waals surface area contributed by atoms with E-state index in [0.29, 0.717) is 28.5 Å². The van der Waals surface area contributed by atoms with Crippen molar-refractivity contribution in [2.45, 2.75) is 31.6 Å². The molecule has 0 radical (unpaired) electrons. The molecule has 0 saturated carbocycles.